The van der Waals surface area contributed by atoms with Crippen LogP contribution in [0.25, 0.3) is 0 Å². The number of furan rings is 1. The summed E-state index contributed by atoms with van der Waals surface area (Å²) in [6, 6.07) is 3.85. The lowest BCUT2D eigenvalue weighted by atomic mass is 9.96. The molecule has 1 aromatic heterocycles. The molecule has 2 heterocycles. The Morgan fingerprint density at radius 1 is 1.46 bits per heavy atom. The Hall–Kier alpha value is -1.82. The summed E-state index contributed by atoms with van der Waals surface area (Å²) in [5.41, 5.74) is 0. The van der Waals surface area contributed by atoms with Crippen molar-refractivity contribution in [2.45, 2.75) is 52.1 Å². The summed E-state index contributed by atoms with van der Waals surface area (Å²) < 4.78 is 5.20. The van der Waals surface area contributed by atoms with E-state index in [0.717, 1.165) is 38.0 Å². The number of hydrogen-bond acceptors (Lipinski definition) is 4. The van der Waals surface area contributed by atoms with Crippen LogP contribution in [0.5, 0.6) is 0 Å². The highest BCUT2D eigenvalue weighted by Gasteiger charge is 2.27. The van der Waals surface area contributed by atoms with Gasteiger partial charge in [0.1, 0.15) is 5.76 Å². The van der Waals surface area contributed by atoms with Gasteiger partial charge in [0.05, 0.1) is 25.3 Å². The topological polar surface area (TPSA) is 74.6 Å². The van der Waals surface area contributed by atoms with Crippen LogP contribution in [0, 0.1) is 5.92 Å². The van der Waals surface area contributed by atoms with Crippen molar-refractivity contribution in [2.24, 2.45) is 5.92 Å². The van der Waals surface area contributed by atoms with Gasteiger partial charge >= 0.3 is 0 Å². The first-order valence-corrected chi connectivity index (χ1v) is 8.90. The fraction of sp³-hybridized carbons (Fsp3) is 0.667. The maximum absolute atomic E-state index is 12.3. The first-order chi connectivity index (χ1) is 11.6. The number of nitrogens with one attached hydrogen (secondary N) is 2. The molecule has 2 amide bonds. The van der Waals surface area contributed by atoms with Gasteiger partial charge in [-0.25, -0.2) is 0 Å². The van der Waals surface area contributed by atoms with Gasteiger partial charge in [0.2, 0.25) is 11.8 Å². The molecule has 1 aromatic rings. The Bertz CT molecular complexity index is 516. The molecule has 0 saturated carbocycles. The van der Waals surface area contributed by atoms with Gasteiger partial charge in [-0.3, -0.25) is 14.5 Å². The monoisotopic (exact) mass is 335 g/mol. The number of nitrogens with zero attached hydrogens (tertiary/aromatic N) is 1. The molecule has 6 nitrogen and oxygen atoms in total. The van der Waals surface area contributed by atoms with E-state index in [1.807, 2.05) is 13.0 Å². The molecule has 134 valence electrons. The molecular formula is C18H29N3O3. The summed E-state index contributed by atoms with van der Waals surface area (Å²) in [6.45, 7) is 6.41. The van der Waals surface area contributed by atoms with Crippen molar-refractivity contribution < 1.29 is 14.0 Å². The van der Waals surface area contributed by atoms with Crippen molar-refractivity contribution in [3.8, 4) is 0 Å². The number of carbonyl (C=O) groups excluding carboxylic acids is 2. The standard InChI is InChI=1S/C18H29N3O3/c1-3-6-14(2)20-18(23)15-7-4-9-21(12-15)13-17(22)19-11-16-8-5-10-24-16/h5,8,10,14-15H,3-4,6-7,9,11-13H2,1-2H3,(H,19,22)(H,20,23)/t14-,15-/m1/s1. The third kappa shape index (κ3) is 6.00. The predicted molar refractivity (Wildman–Crippen MR) is 92.2 cm³/mol. The van der Waals surface area contributed by atoms with E-state index in [4.69, 9.17) is 4.42 Å². The van der Waals surface area contributed by atoms with Gasteiger partial charge in [0.25, 0.3) is 0 Å². The third-order valence-corrected chi connectivity index (χ3v) is 4.39. The molecule has 1 aliphatic heterocycles. The van der Waals surface area contributed by atoms with E-state index in [9.17, 15) is 9.59 Å². The second kappa shape index (κ2) is 9.47. The maximum Gasteiger partial charge on any atom is 0.234 e. The molecule has 1 aliphatic rings. The fourth-order valence-electron chi connectivity index (χ4n) is 3.14. The summed E-state index contributed by atoms with van der Waals surface area (Å²) in [5, 5.41) is 5.94. The quantitative estimate of drug-likeness (QED) is 0.761. The normalized spacial score (nSPS) is 19.7. The highest BCUT2D eigenvalue weighted by molar-refractivity contribution is 5.80. The molecule has 0 aliphatic carbocycles. The molecule has 2 rings (SSSR count). The van der Waals surface area contributed by atoms with Gasteiger partial charge in [0.15, 0.2) is 0 Å². The Labute approximate surface area is 144 Å². The highest BCUT2D eigenvalue weighted by atomic mass is 16.3. The zero-order valence-corrected chi connectivity index (χ0v) is 14.7. The van der Waals surface area contributed by atoms with Crippen LogP contribution >= 0.6 is 0 Å². The van der Waals surface area contributed by atoms with Crippen molar-refractivity contribution in [3.63, 3.8) is 0 Å². The van der Waals surface area contributed by atoms with Crippen LogP contribution in [0.1, 0.15) is 45.3 Å². The molecule has 0 bridgehead atoms. The van der Waals surface area contributed by atoms with E-state index >= 15 is 0 Å². The van der Waals surface area contributed by atoms with Crippen LogP contribution in [0.4, 0.5) is 0 Å². The molecule has 24 heavy (non-hydrogen) atoms. The zero-order valence-electron chi connectivity index (χ0n) is 14.7. The van der Waals surface area contributed by atoms with E-state index in [-0.39, 0.29) is 23.8 Å². The van der Waals surface area contributed by atoms with Crippen molar-refractivity contribution in [3.05, 3.63) is 24.2 Å². The second-order valence-electron chi connectivity index (χ2n) is 6.63. The molecule has 0 unspecified atom stereocenters. The number of piperidine rings is 1. The summed E-state index contributed by atoms with van der Waals surface area (Å²) in [7, 11) is 0. The Morgan fingerprint density at radius 3 is 3.00 bits per heavy atom. The molecular weight excluding hydrogens is 306 g/mol. The molecule has 0 radical (unpaired) electrons. The Morgan fingerprint density at radius 2 is 2.29 bits per heavy atom. The summed E-state index contributed by atoms with van der Waals surface area (Å²) in [5.74, 6) is 0.809. The molecule has 2 N–H and O–H groups in total. The summed E-state index contributed by atoms with van der Waals surface area (Å²) in [4.78, 5) is 26.5. The van der Waals surface area contributed by atoms with Crippen LogP contribution in [-0.4, -0.2) is 42.4 Å². The number of amides is 2. The summed E-state index contributed by atoms with van der Waals surface area (Å²) in [6.07, 6.45) is 5.50. The first kappa shape index (κ1) is 18.5. The Balaban J connectivity index is 1.73. The molecule has 6 heteroatoms. The fourth-order valence-corrected chi connectivity index (χ4v) is 3.14. The van der Waals surface area contributed by atoms with E-state index in [0.29, 0.717) is 19.6 Å². The van der Waals surface area contributed by atoms with E-state index in [2.05, 4.69) is 22.5 Å². The van der Waals surface area contributed by atoms with Crippen LogP contribution in [0.2, 0.25) is 0 Å². The maximum atomic E-state index is 12.3. The van der Waals surface area contributed by atoms with Crippen LogP contribution < -0.4 is 10.6 Å². The average molecular weight is 335 g/mol. The molecule has 1 saturated heterocycles. The Kier molecular flexibility index (Phi) is 7.31. The summed E-state index contributed by atoms with van der Waals surface area (Å²) >= 11 is 0. The van der Waals surface area contributed by atoms with E-state index in [1.54, 1.807) is 12.3 Å². The second-order valence-corrected chi connectivity index (χ2v) is 6.63. The van der Waals surface area contributed by atoms with Gasteiger partial charge in [-0.2, -0.15) is 0 Å². The smallest absolute Gasteiger partial charge is 0.234 e. The molecule has 2 atom stereocenters. The third-order valence-electron chi connectivity index (χ3n) is 4.39. The zero-order chi connectivity index (χ0) is 17.4. The largest absolute Gasteiger partial charge is 0.467 e. The SMILES string of the molecule is CCC[C@@H](C)NC(=O)[C@@H]1CCCN(CC(=O)NCc2ccco2)C1. The minimum atomic E-state index is -0.0354. The van der Waals surface area contributed by atoms with Crippen LogP contribution in [0.15, 0.2) is 22.8 Å². The van der Waals surface area contributed by atoms with Crippen molar-refractivity contribution in [1.29, 1.82) is 0 Å². The van der Waals surface area contributed by atoms with Gasteiger partial charge in [-0.1, -0.05) is 13.3 Å². The molecule has 1 fully saturated rings. The number of likely N-dealkylation sites (tertiary alicyclic amines) is 1. The van der Waals surface area contributed by atoms with Gasteiger partial charge < -0.3 is 15.1 Å². The minimum Gasteiger partial charge on any atom is -0.467 e. The molecule has 0 aromatic carbocycles. The van der Waals surface area contributed by atoms with Crippen molar-refractivity contribution in [2.75, 3.05) is 19.6 Å². The molecule has 0 spiro atoms. The van der Waals surface area contributed by atoms with Crippen molar-refractivity contribution >= 4 is 11.8 Å². The van der Waals surface area contributed by atoms with E-state index < -0.39 is 0 Å². The van der Waals surface area contributed by atoms with Gasteiger partial charge in [-0.15, -0.1) is 0 Å². The number of carbonyl (C=O) groups is 2. The predicted octanol–water partition coefficient (Wildman–Crippen LogP) is 1.91. The lowest BCUT2D eigenvalue weighted by Crippen LogP contribution is -2.47. The lowest BCUT2D eigenvalue weighted by molar-refractivity contribution is -0.129. The van der Waals surface area contributed by atoms with Gasteiger partial charge in [0, 0.05) is 12.6 Å². The number of rotatable bonds is 8. The van der Waals surface area contributed by atoms with Crippen LogP contribution in [-0.2, 0) is 16.1 Å². The lowest BCUT2D eigenvalue weighted by Gasteiger charge is -2.32. The van der Waals surface area contributed by atoms with Crippen LogP contribution in [0.3, 0.4) is 0 Å². The highest BCUT2D eigenvalue weighted by Crippen LogP contribution is 2.17. The average Bonchev–Trinajstić information content (AvgIpc) is 3.07. The van der Waals surface area contributed by atoms with Gasteiger partial charge in [-0.05, 0) is 44.9 Å². The minimum absolute atomic E-state index is 0.0177. The van der Waals surface area contributed by atoms with E-state index in [1.165, 1.54) is 0 Å². The van der Waals surface area contributed by atoms with Crippen molar-refractivity contribution in [1.82, 2.24) is 15.5 Å². The number of hydrogen-bond donors (Lipinski definition) is 2. The first-order valence-electron chi connectivity index (χ1n) is 8.90.